The van der Waals surface area contributed by atoms with Crippen molar-refractivity contribution in [2.24, 2.45) is 0 Å². The molecular formula is C20H21N. The zero-order valence-corrected chi connectivity index (χ0v) is 12.5. The molecule has 0 bridgehead atoms. The van der Waals surface area contributed by atoms with Crippen LogP contribution in [0, 0.1) is 0 Å². The molecule has 0 saturated heterocycles. The van der Waals surface area contributed by atoms with Crippen LogP contribution in [0.25, 0.3) is 5.57 Å². The molecule has 0 aliphatic carbocycles. The molecule has 21 heavy (non-hydrogen) atoms. The van der Waals surface area contributed by atoms with E-state index in [0.29, 0.717) is 0 Å². The van der Waals surface area contributed by atoms with Gasteiger partial charge in [0.2, 0.25) is 0 Å². The van der Waals surface area contributed by atoms with E-state index < -0.39 is 0 Å². The quantitative estimate of drug-likeness (QED) is 0.620. The van der Waals surface area contributed by atoms with Crippen LogP contribution in [0.3, 0.4) is 0 Å². The maximum absolute atomic E-state index is 3.85. The fourth-order valence-corrected chi connectivity index (χ4v) is 2.37. The van der Waals surface area contributed by atoms with Gasteiger partial charge in [-0.1, -0.05) is 61.7 Å². The first-order chi connectivity index (χ1) is 10.3. The Labute approximate surface area is 127 Å². The lowest BCUT2D eigenvalue weighted by molar-refractivity contribution is 1.02. The van der Waals surface area contributed by atoms with Gasteiger partial charge >= 0.3 is 0 Å². The van der Waals surface area contributed by atoms with E-state index in [4.69, 9.17) is 0 Å². The summed E-state index contributed by atoms with van der Waals surface area (Å²) in [6, 6.07) is 19.0. The van der Waals surface area contributed by atoms with Crippen molar-refractivity contribution >= 4 is 16.9 Å². The van der Waals surface area contributed by atoms with Crippen molar-refractivity contribution in [2.75, 3.05) is 11.4 Å². The average Bonchev–Trinajstić information content (AvgIpc) is 2.55. The second-order valence-electron chi connectivity index (χ2n) is 4.69. The van der Waals surface area contributed by atoms with Crippen LogP contribution < -0.4 is 4.90 Å². The molecule has 0 aliphatic rings. The van der Waals surface area contributed by atoms with Crippen molar-refractivity contribution in [3.63, 3.8) is 0 Å². The van der Waals surface area contributed by atoms with Crippen LogP contribution in [-0.2, 0) is 0 Å². The highest BCUT2D eigenvalue weighted by atomic mass is 15.1. The Morgan fingerprint density at radius 2 is 1.57 bits per heavy atom. The van der Waals surface area contributed by atoms with Gasteiger partial charge in [-0.05, 0) is 42.3 Å². The Morgan fingerprint density at radius 3 is 2.10 bits per heavy atom. The summed E-state index contributed by atoms with van der Waals surface area (Å²) in [5.74, 6) is 0. The van der Waals surface area contributed by atoms with Gasteiger partial charge in [-0.3, -0.25) is 0 Å². The van der Waals surface area contributed by atoms with Crippen molar-refractivity contribution in [2.45, 2.75) is 6.92 Å². The molecule has 0 aromatic heterocycles. The Hall–Kier alpha value is -2.54. The first-order valence-corrected chi connectivity index (χ1v) is 7.18. The second kappa shape index (κ2) is 7.30. The van der Waals surface area contributed by atoms with Gasteiger partial charge in [0.25, 0.3) is 0 Å². The molecule has 106 valence electrons. The van der Waals surface area contributed by atoms with E-state index >= 15 is 0 Å². The van der Waals surface area contributed by atoms with Gasteiger partial charge in [-0.25, -0.2) is 0 Å². The highest BCUT2D eigenvalue weighted by molar-refractivity contribution is 5.76. The third kappa shape index (κ3) is 3.51. The van der Waals surface area contributed by atoms with E-state index in [0.717, 1.165) is 17.7 Å². The Morgan fingerprint density at radius 1 is 0.952 bits per heavy atom. The molecule has 1 heteroatoms. The third-order valence-electron chi connectivity index (χ3n) is 3.41. The lowest BCUT2D eigenvalue weighted by Crippen LogP contribution is -2.15. The predicted molar refractivity (Wildman–Crippen MR) is 93.9 cm³/mol. The Balaban J connectivity index is 2.31. The summed E-state index contributed by atoms with van der Waals surface area (Å²) in [5, 5.41) is 0. The SMILES string of the molecule is C=C/C=C(\C=C)c1ccc(N(CC)c2ccccc2)cc1. The van der Waals surface area contributed by atoms with Gasteiger partial charge in [0.1, 0.15) is 0 Å². The lowest BCUT2D eigenvalue weighted by Gasteiger charge is -2.23. The molecule has 0 fully saturated rings. The summed E-state index contributed by atoms with van der Waals surface area (Å²) in [6.07, 6.45) is 5.61. The summed E-state index contributed by atoms with van der Waals surface area (Å²) < 4.78 is 0. The van der Waals surface area contributed by atoms with E-state index in [2.05, 4.69) is 73.5 Å². The lowest BCUT2D eigenvalue weighted by atomic mass is 10.0. The topological polar surface area (TPSA) is 3.24 Å². The minimum atomic E-state index is 0.931. The molecule has 1 nitrogen and oxygen atoms in total. The van der Waals surface area contributed by atoms with Gasteiger partial charge in [0.15, 0.2) is 0 Å². The van der Waals surface area contributed by atoms with Crippen molar-refractivity contribution < 1.29 is 0 Å². The van der Waals surface area contributed by atoms with E-state index in [9.17, 15) is 0 Å². The first-order valence-electron chi connectivity index (χ1n) is 7.18. The van der Waals surface area contributed by atoms with E-state index in [-0.39, 0.29) is 0 Å². The summed E-state index contributed by atoms with van der Waals surface area (Å²) in [4.78, 5) is 2.29. The molecule has 0 radical (unpaired) electrons. The monoisotopic (exact) mass is 275 g/mol. The largest absolute Gasteiger partial charge is 0.342 e. The molecule has 2 aromatic rings. The zero-order valence-electron chi connectivity index (χ0n) is 12.5. The number of para-hydroxylation sites is 1. The van der Waals surface area contributed by atoms with Crippen molar-refractivity contribution in [3.05, 3.63) is 91.5 Å². The van der Waals surface area contributed by atoms with Gasteiger partial charge in [0, 0.05) is 17.9 Å². The highest BCUT2D eigenvalue weighted by Gasteiger charge is 2.06. The zero-order chi connectivity index (χ0) is 15.1. The minimum Gasteiger partial charge on any atom is -0.342 e. The predicted octanol–water partition coefficient (Wildman–Crippen LogP) is 5.60. The smallest absolute Gasteiger partial charge is 0.0411 e. The third-order valence-corrected chi connectivity index (χ3v) is 3.41. The van der Waals surface area contributed by atoms with Crippen LogP contribution in [0.5, 0.6) is 0 Å². The summed E-state index contributed by atoms with van der Waals surface area (Å²) in [5.41, 5.74) is 4.63. The first kappa shape index (κ1) is 14.9. The fourth-order valence-electron chi connectivity index (χ4n) is 2.37. The van der Waals surface area contributed by atoms with Crippen molar-refractivity contribution in [1.82, 2.24) is 0 Å². The van der Waals surface area contributed by atoms with Gasteiger partial charge < -0.3 is 4.90 Å². The molecular weight excluding hydrogens is 254 g/mol. The molecule has 0 saturated carbocycles. The van der Waals surface area contributed by atoms with E-state index in [1.54, 1.807) is 6.08 Å². The maximum Gasteiger partial charge on any atom is 0.0411 e. The molecule has 0 spiro atoms. The van der Waals surface area contributed by atoms with Gasteiger partial charge in [0.05, 0.1) is 0 Å². The van der Waals surface area contributed by atoms with Crippen LogP contribution in [0.2, 0.25) is 0 Å². The molecule has 0 unspecified atom stereocenters. The molecule has 0 N–H and O–H groups in total. The average molecular weight is 275 g/mol. The molecule has 2 rings (SSSR count). The molecule has 0 aliphatic heterocycles. The van der Waals surface area contributed by atoms with Crippen LogP contribution in [0.4, 0.5) is 11.4 Å². The normalized spacial score (nSPS) is 11.0. The summed E-state index contributed by atoms with van der Waals surface area (Å²) in [6.45, 7) is 10.7. The van der Waals surface area contributed by atoms with E-state index in [1.165, 1.54) is 11.4 Å². The Bertz CT molecular complexity index is 621. The maximum atomic E-state index is 3.85. The summed E-state index contributed by atoms with van der Waals surface area (Å²) >= 11 is 0. The van der Waals surface area contributed by atoms with E-state index in [1.807, 2.05) is 18.2 Å². The summed E-state index contributed by atoms with van der Waals surface area (Å²) in [7, 11) is 0. The molecule has 0 heterocycles. The standard InChI is InChI=1S/C20H21N/c1-4-10-17(5-2)18-13-15-20(16-14-18)21(6-3)19-11-8-7-9-12-19/h4-5,7-16H,1-2,6H2,3H3/b17-10+. The molecule has 0 atom stereocenters. The number of rotatable bonds is 6. The molecule has 0 amide bonds. The number of benzene rings is 2. The van der Waals surface area contributed by atoms with Crippen molar-refractivity contribution in [1.29, 1.82) is 0 Å². The van der Waals surface area contributed by atoms with Crippen LogP contribution >= 0.6 is 0 Å². The number of anilines is 2. The van der Waals surface area contributed by atoms with Crippen LogP contribution in [0.15, 0.2) is 86.0 Å². The number of nitrogens with zero attached hydrogens (tertiary/aromatic N) is 1. The van der Waals surface area contributed by atoms with Crippen LogP contribution in [0.1, 0.15) is 12.5 Å². The highest BCUT2D eigenvalue weighted by Crippen LogP contribution is 2.26. The minimum absolute atomic E-state index is 0.931. The molecule has 2 aromatic carbocycles. The van der Waals surface area contributed by atoms with Crippen LogP contribution in [-0.4, -0.2) is 6.54 Å². The van der Waals surface area contributed by atoms with Crippen molar-refractivity contribution in [3.8, 4) is 0 Å². The van der Waals surface area contributed by atoms with Gasteiger partial charge in [-0.15, -0.1) is 0 Å². The van der Waals surface area contributed by atoms with Gasteiger partial charge in [-0.2, -0.15) is 0 Å². The second-order valence-corrected chi connectivity index (χ2v) is 4.69. The number of hydrogen-bond donors (Lipinski definition) is 0. The fraction of sp³-hybridized carbons (Fsp3) is 0.100. The Kier molecular flexibility index (Phi) is 5.16. The number of allylic oxidation sites excluding steroid dienone is 4. The number of hydrogen-bond acceptors (Lipinski definition) is 1.